The maximum absolute atomic E-state index is 9.91. The van der Waals surface area contributed by atoms with E-state index in [-0.39, 0.29) is 6.04 Å². The van der Waals surface area contributed by atoms with E-state index in [0.717, 1.165) is 17.7 Å². The molecule has 1 aromatic heterocycles. The predicted molar refractivity (Wildman–Crippen MR) is 77.0 cm³/mol. The molecule has 1 aromatic carbocycles. The van der Waals surface area contributed by atoms with Crippen LogP contribution in [0, 0.1) is 6.92 Å². The smallest absolute Gasteiger partial charge is 0.120 e. The summed E-state index contributed by atoms with van der Waals surface area (Å²) in [5.74, 6) is 0.347. The zero-order valence-corrected chi connectivity index (χ0v) is 11.4. The molecule has 1 atom stereocenters. The number of aryl methyl sites for hydroxylation is 1. The fraction of sp³-hybridized carbons (Fsp3) is 0.312. The minimum Gasteiger partial charge on any atom is -0.508 e. The number of benzene rings is 1. The molecule has 0 aliphatic carbocycles. The Kier molecular flexibility index (Phi) is 4.53. The van der Waals surface area contributed by atoms with Crippen LogP contribution in [0.4, 0.5) is 0 Å². The standard InChI is InChI=1S/C16H20N2O/c1-3-14(13-8-4-5-9-16(13)19)18-11-15-12(2)7-6-10-17-15/h4-10,14,18-19H,3,11H2,1-2H3. The predicted octanol–water partition coefficient (Wildman–Crippen LogP) is 3.34. The van der Waals surface area contributed by atoms with Crippen LogP contribution in [0.1, 0.15) is 36.2 Å². The molecular formula is C16H20N2O. The normalized spacial score (nSPS) is 12.3. The highest BCUT2D eigenvalue weighted by atomic mass is 16.3. The van der Waals surface area contributed by atoms with Gasteiger partial charge in [-0.2, -0.15) is 0 Å². The van der Waals surface area contributed by atoms with Gasteiger partial charge in [-0.3, -0.25) is 4.98 Å². The molecule has 0 fully saturated rings. The molecule has 0 aliphatic rings. The molecule has 0 amide bonds. The number of nitrogens with one attached hydrogen (secondary N) is 1. The summed E-state index contributed by atoms with van der Waals surface area (Å²) >= 11 is 0. The van der Waals surface area contributed by atoms with Crippen molar-refractivity contribution in [3.05, 3.63) is 59.4 Å². The van der Waals surface area contributed by atoms with E-state index in [9.17, 15) is 5.11 Å². The lowest BCUT2D eigenvalue weighted by Crippen LogP contribution is -2.21. The topological polar surface area (TPSA) is 45.2 Å². The maximum Gasteiger partial charge on any atom is 0.120 e. The fourth-order valence-corrected chi connectivity index (χ4v) is 2.18. The number of hydrogen-bond donors (Lipinski definition) is 2. The van der Waals surface area contributed by atoms with Crippen molar-refractivity contribution >= 4 is 0 Å². The average Bonchev–Trinajstić information content (AvgIpc) is 2.43. The molecule has 3 heteroatoms. The molecule has 1 unspecified atom stereocenters. The lowest BCUT2D eigenvalue weighted by molar-refractivity contribution is 0.439. The highest BCUT2D eigenvalue weighted by Crippen LogP contribution is 2.26. The van der Waals surface area contributed by atoms with Crippen LogP contribution >= 0.6 is 0 Å². The third-order valence-corrected chi connectivity index (χ3v) is 3.35. The van der Waals surface area contributed by atoms with Gasteiger partial charge in [-0.05, 0) is 31.0 Å². The SMILES string of the molecule is CCC(NCc1ncccc1C)c1ccccc1O. The molecule has 0 saturated carbocycles. The van der Waals surface area contributed by atoms with Crippen molar-refractivity contribution in [2.45, 2.75) is 32.9 Å². The van der Waals surface area contributed by atoms with Crippen molar-refractivity contribution in [1.29, 1.82) is 0 Å². The van der Waals surface area contributed by atoms with Crippen LogP contribution in [0.25, 0.3) is 0 Å². The van der Waals surface area contributed by atoms with Crippen molar-refractivity contribution in [2.75, 3.05) is 0 Å². The lowest BCUT2D eigenvalue weighted by atomic mass is 10.0. The molecular weight excluding hydrogens is 236 g/mol. The van der Waals surface area contributed by atoms with Crippen LogP contribution in [-0.4, -0.2) is 10.1 Å². The summed E-state index contributed by atoms with van der Waals surface area (Å²) in [6.07, 6.45) is 2.73. The second kappa shape index (κ2) is 6.34. The minimum absolute atomic E-state index is 0.141. The van der Waals surface area contributed by atoms with Gasteiger partial charge in [-0.1, -0.05) is 31.2 Å². The van der Waals surface area contributed by atoms with Crippen LogP contribution in [0.2, 0.25) is 0 Å². The third kappa shape index (κ3) is 3.32. The van der Waals surface area contributed by atoms with Crippen LogP contribution in [-0.2, 0) is 6.54 Å². The van der Waals surface area contributed by atoms with Crippen molar-refractivity contribution < 1.29 is 5.11 Å². The van der Waals surface area contributed by atoms with Gasteiger partial charge >= 0.3 is 0 Å². The zero-order valence-electron chi connectivity index (χ0n) is 11.4. The molecule has 0 bridgehead atoms. The number of nitrogens with zero attached hydrogens (tertiary/aromatic N) is 1. The first kappa shape index (κ1) is 13.6. The lowest BCUT2D eigenvalue weighted by Gasteiger charge is -2.18. The Morgan fingerprint density at radius 2 is 2.00 bits per heavy atom. The summed E-state index contributed by atoms with van der Waals surface area (Å²) in [4.78, 5) is 4.38. The first-order chi connectivity index (χ1) is 9.22. The van der Waals surface area contributed by atoms with Crippen molar-refractivity contribution in [2.24, 2.45) is 0 Å². The summed E-state index contributed by atoms with van der Waals surface area (Å²) in [6, 6.07) is 11.6. The van der Waals surface area contributed by atoms with Crippen LogP contribution < -0.4 is 5.32 Å². The first-order valence-corrected chi connectivity index (χ1v) is 6.64. The molecule has 0 spiro atoms. The second-order valence-electron chi connectivity index (χ2n) is 4.67. The third-order valence-electron chi connectivity index (χ3n) is 3.35. The van der Waals surface area contributed by atoms with Gasteiger partial charge < -0.3 is 10.4 Å². The monoisotopic (exact) mass is 256 g/mol. The van der Waals surface area contributed by atoms with Gasteiger partial charge in [-0.15, -0.1) is 0 Å². The van der Waals surface area contributed by atoms with Gasteiger partial charge in [0.15, 0.2) is 0 Å². The molecule has 2 aromatic rings. The van der Waals surface area contributed by atoms with E-state index in [1.807, 2.05) is 30.5 Å². The van der Waals surface area contributed by atoms with Crippen LogP contribution in [0.3, 0.4) is 0 Å². The first-order valence-electron chi connectivity index (χ1n) is 6.64. The number of phenolic OH excluding ortho intramolecular Hbond substituents is 1. The molecule has 100 valence electrons. The number of rotatable bonds is 5. The van der Waals surface area contributed by atoms with Crippen molar-refractivity contribution in [1.82, 2.24) is 10.3 Å². The van der Waals surface area contributed by atoms with Gasteiger partial charge in [0.2, 0.25) is 0 Å². The summed E-state index contributed by atoms with van der Waals surface area (Å²) in [7, 11) is 0. The number of hydrogen-bond acceptors (Lipinski definition) is 3. The van der Waals surface area contributed by atoms with E-state index < -0.39 is 0 Å². The van der Waals surface area contributed by atoms with Gasteiger partial charge in [0, 0.05) is 24.3 Å². The Morgan fingerprint density at radius 1 is 1.21 bits per heavy atom. The van der Waals surface area contributed by atoms with Crippen molar-refractivity contribution in [3.63, 3.8) is 0 Å². The van der Waals surface area contributed by atoms with E-state index in [1.54, 1.807) is 6.07 Å². The Hall–Kier alpha value is -1.87. The quantitative estimate of drug-likeness (QED) is 0.862. The Morgan fingerprint density at radius 3 is 2.68 bits per heavy atom. The van der Waals surface area contributed by atoms with E-state index >= 15 is 0 Å². The molecule has 2 N–H and O–H groups in total. The largest absolute Gasteiger partial charge is 0.508 e. The molecule has 0 aliphatic heterocycles. The summed E-state index contributed by atoms with van der Waals surface area (Å²) < 4.78 is 0. The van der Waals surface area contributed by atoms with E-state index in [4.69, 9.17) is 0 Å². The van der Waals surface area contributed by atoms with Crippen molar-refractivity contribution in [3.8, 4) is 5.75 Å². The van der Waals surface area contributed by atoms with Crippen LogP contribution in [0.5, 0.6) is 5.75 Å². The fourth-order valence-electron chi connectivity index (χ4n) is 2.18. The van der Waals surface area contributed by atoms with Gasteiger partial charge in [-0.25, -0.2) is 0 Å². The minimum atomic E-state index is 0.141. The Balaban J connectivity index is 2.09. The van der Waals surface area contributed by atoms with Gasteiger partial charge in [0.25, 0.3) is 0 Å². The molecule has 19 heavy (non-hydrogen) atoms. The molecule has 1 heterocycles. The molecule has 0 radical (unpaired) electrons. The van der Waals surface area contributed by atoms with E-state index in [1.165, 1.54) is 5.56 Å². The average molecular weight is 256 g/mol. The highest BCUT2D eigenvalue weighted by molar-refractivity contribution is 5.34. The number of para-hydroxylation sites is 1. The van der Waals surface area contributed by atoms with Gasteiger partial charge in [0.1, 0.15) is 5.75 Å². The number of pyridine rings is 1. The van der Waals surface area contributed by atoms with E-state index in [2.05, 4.69) is 30.2 Å². The molecule has 3 nitrogen and oxygen atoms in total. The maximum atomic E-state index is 9.91. The number of aromatic hydroxyl groups is 1. The van der Waals surface area contributed by atoms with Crippen LogP contribution in [0.15, 0.2) is 42.6 Å². The Labute approximate surface area is 114 Å². The summed E-state index contributed by atoms with van der Waals surface area (Å²) in [6.45, 7) is 4.87. The van der Waals surface area contributed by atoms with Gasteiger partial charge in [0.05, 0.1) is 5.69 Å². The summed E-state index contributed by atoms with van der Waals surface area (Å²) in [5, 5.41) is 13.4. The molecule has 2 rings (SSSR count). The zero-order chi connectivity index (χ0) is 13.7. The number of phenols is 1. The second-order valence-corrected chi connectivity index (χ2v) is 4.67. The number of aromatic nitrogens is 1. The van der Waals surface area contributed by atoms with E-state index in [0.29, 0.717) is 12.3 Å². The Bertz CT molecular complexity index is 540. The molecule has 0 saturated heterocycles. The highest BCUT2D eigenvalue weighted by Gasteiger charge is 2.12. The summed E-state index contributed by atoms with van der Waals surface area (Å²) in [5.41, 5.74) is 3.18.